The Morgan fingerprint density at radius 3 is 2.26 bits per heavy atom. The zero-order chi connectivity index (χ0) is 15.6. The predicted octanol–water partition coefficient (Wildman–Crippen LogP) is 4.91. The molecule has 0 saturated carbocycles. The summed E-state index contributed by atoms with van der Waals surface area (Å²) in [6.45, 7) is 0. The summed E-state index contributed by atoms with van der Waals surface area (Å²) < 4.78 is 5.20. The molecule has 1 aromatic heterocycles. The molecule has 4 rings (SSSR count). The molecular weight excluding hydrogens is 284 g/mol. The molecule has 0 saturated heterocycles. The van der Waals surface area contributed by atoms with Gasteiger partial charge in [0.25, 0.3) is 0 Å². The predicted molar refractivity (Wildman–Crippen MR) is 93.5 cm³/mol. The Bertz CT molecular complexity index is 940. The van der Waals surface area contributed by atoms with Gasteiger partial charge in [-0.15, -0.1) is 0 Å². The van der Waals surface area contributed by atoms with Gasteiger partial charge in [-0.3, -0.25) is 0 Å². The van der Waals surface area contributed by atoms with Crippen molar-refractivity contribution in [3.63, 3.8) is 0 Å². The van der Waals surface area contributed by atoms with Crippen LogP contribution in [0.3, 0.4) is 0 Å². The number of methoxy groups -OCH3 is 1. The lowest BCUT2D eigenvalue weighted by atomic mass is 10.1. The van der Waals surface area contributed by atoms with E-state index in [-0.39, 0.29) is 0 Å². The number of ether oxygens (including phenoxy) is 1. The number of nitrogens with zero attached hydrogens (tertiary/aromatic N) is 1. The summed E-state index contributed by atoms with van der Waals surface area (Å²) in [7, 11) is 1.67. The number of nitrogens with one attached hydrogen (secondary N) is 1. The molecule has 0 fully saturated rings. The molecular formula is C20H16N2O. The summed E-state index contributed by atoms with van der Waals surface area (Å²) >= 11 is 0. The van der Waals surface area contributed by atoms with Crippen LogP contribution in [0.25, 0.3) is 33.5 Å². The number of benzene rings is 3. The third kappa shape index (κ3) is 2.57. The van der Waals surface area contributed by atoms with Crippen molar-refractivity contribution in [1.82, 2.24) is 9.97 Å². The molecule has 0 unspecified atom stereocenters. The van der Waals surface area contributed by atoms with Gasteiger partial charge in [-0.2, -0.15) is 0 Å². The van der Waals surface area contributed by atoms with Gasteiger partial charge in [0, 0.05) is 5.56 Å². The Morgan fingerprint density at radius 1 is 0.783 bits per heavy atom. The summed E-state index contributed by atoms with van der Waals surface area (Å²) in [4.78, 5) is 8.08. The van der Waals surface area contributed by atoms with Crippen molar-refractivity contribution >= 4 is 11.0 Å². The van der Waals surface area contributed by atoms with Gasteiger partial charge in [-0.25, -0.2) is 4.98 Å². The molecule has 1 N–H and O–H groups in total. The lowest BCUT2D eigenvalue weighted by Gasteiger charge is -2.00. The lowest BCUT2D eigenvalue weighted by molar-refractivity contribution is 0.415. The topological polar surface area (TPSA) is 37.9 Å². The second-order valence-electron chi connectivity index (χ2n) is 5.41. The largest absolute Gasteiger partial charge is 0.497 e. The highest BCUT2D eigenvalue weighted by molar-refractivity contribution is 5.84. The highest BCUT2D eigenvalue weighted by Crippen LogP contribution is 2.26. The van der Waals surface area contributed by atoms with Crippen molar-refractivity contribution in [2.45, 2.75) is 0 Å². The van der Waals surface area contributed by atoms with Crippen LogP contribution in [0.1, 0.15) is 0 Å². The zero-order valence-electron chi connectivity index (χ0n) is 12.8. The minimum atomic E-state index is 0.844. The number of H-pyrrole nitrogens is 1. The van der Waals surface area contributed by atoms with Crippen LogP contribution in [-0.2, 0) is 0 Å². The van der Waals surface area contributed by atoms with E-state index < -0.39 is 0 Å². The summed E-state index contributed by atoms with van der Waals surface area (Å²) in [6, 6.07) is 24.6. The van der Waals surface area contributed by atoms with Gasteiger partial charge in [-0.1, -0.05) is 36.4 Å². The third-order valence-corrected chi connectivity index (χ3v) is 3.95. The van der Waals surface area contributed by atoms with E-state index in [0.717, 1.165) is 28.2 Å². The van der Waals surface area contributed by atoms with E-state index in [1.165, 1.54) is 11.1 Å². The molecule has 0 aliphatic carbocycles. The van der Waals surface area contributed by atoms with Crippen molar-refractivity contribution in [3.8, 4) is 28.3 Å². The highest BCUT2D eigenvalue weighted by atomic mass is 16.5. The molecule has 0 spiro atoms. The Balaban J connectivity index is 1.75. The standard InChI is InChI=1S/C20H16N2O/c1-23-17-10-7-15(8-11-17)20-21-18-12-9-16(13-19(18)22-20)14-5-3-2-4-6-14/h2-13H,1H3,(H,21,22). The Hall–Kier alpha value is -3.07. The van der Waals surface area contributed by atoms with Crippen LogP contribution in [0, 0.1) is 0 Å². The van der Waals surface area contributed by atoms with Crippen molar-refractivity contribution in [1.29, 1.82) is 0 Å². The van der Waals surface area contributed by atoms with Crippen LogP contribution in [0.15, 0.2) is 72.8 Å². The molecule has 0 aliphatic rings. The number of hydrogen-bond acceptors (Lipinski definition) is 2. The van der Waals surface area contributed by atoms with E-state index in [9.17, 15) is 0 Å². The van der Waals surface area contributed by atoms with E-state index in [0.29, 0.717) is 0 Å². The van der Waals surface area contributed by atoms with Gasteiger partial charge < -0.3 is 9.72 Å². The molecule has 0 bridgehead atoms. The first-order chi connectivity index (χ1) is 11.3. The van der Waals surface area contributed by atoms with Crippen LogP contribution >= 0.6 is 0 Å². The quantitative estimate of drug-likeness (QED) is 0.584. The maximum Gasteiger partial charge on any atom is 0.138 e. The maximum atomic E-state index is 5.20. The van der Waals surface area contributed by atoms with Crippen LogP contribution in [0.2, 0.25) is 0 Å². The van der Waals surface area contributed by atoms with Crippen LogP contribution in [0.4, 0.5) is 0 Å². The molecule has 1 heterocycles. The second-order valence-corrected chi connectivity index (χ2v) is 5.41. The molecule has 0 aliphatic heterocycles. The van der Waals surface area contributed by atoms with Gasteiger partial charge in [0.2, 0.25) is 0 Å². The Labute approximate surface area is 134 Å². The number of aromatic amines is 1. The molecule has 0 atom stereocenters. The van der Waals surface area contributed by atoms with Crippen LogP contribution in [-0.4, -0.2) is 17.1 Å². The summed E-state index contributed by atoms with van der Waals surface area (Å²) in [5.74, 6) is 1.71. The Morgan fingerprint density at radius 2 is 1.52 bits per heavy atom. The molecule has 3 nitrogen and oxygen atoms in total. The monoisotopic (exact) mass is 300 g/mol. The summed E-state index contributed by atoms with van der Waals surface area (Å²) in [5, 5.41) is 0. The SMILES string of the molecule is COc1ccc(-c2nc3ccc(-c4ccccc4)cc3[nH]2)cc1. The first kappa shape index (κ1) is 13.6. The Kier molecular flexibility index (Phi) is 3.31. The normalized spacial score (nSPS) is 10.8. The number of aromatic nitrogens is 2. The van der Waals surface area contributed by atoms with Gasteiger partial charge in [0.1, 0.15) is 11.6 Å². The highest BCUT2D eigenvalue weighted by Gasteiger charge is 2.07. The van der Waals surface area contributed by atoms with Gasteiger partial charge in [-0.05, 0) is 47.5 Å². The smallest absolute Gasteiger partial charge is 0.138 e. The average molecular weight is 300 g/mol. The molecule has 3 heteroatoms. The van der Waals surface area contributed by atoms with Gasteiger partial charge >= 0.3 is 0 Å². The average Bonchev–Trinajstić information content (AvgIpc) is 3.06. The fourth-order valence-electron chi connectivity index (χ4n) is 2.71. The van der Waals surface area contributed by atoms with E-state index in [1.54, 1.807) is 7.11 Å². The lowest BCUT2D eigenvalue weighted by Crippen LogP contribution is -1.83. The molecule has 0 amide bonds. The van der Waals surface area contributed by atoms with Crippen molar-refractivity contribution in [2.75, 3.05) is 7.11 Å². The van der Waals surface area contributed by atoms with E-state index >= 15 is 0 Å². The van der Waals surface area contributed by atoms with Gasteiger partial charge in [0.05, 0.1) is 18.1 Å². The summed E-state index contributed by atoms with van der Waals surface area (Å²) in [6.07, 6.45) is 0. The minimum Gasteiger partial charge on any atom is -0.497 e. The van der Waals surface area contributed by atoms with E-state index in [1.807, 2.05) is 30.3 Å². The first-order valence-electron chi connectivity index (χ1n) is 7.53. The molecule has 0 radical (unpaired) electrons. The zero-order valence-corrected chi connectivity index (χ0v) is 12.8. The van der Waals surface area contributed by atoms with Crippen molar-refractivity contribution in [3.05, 3.63) is 72.8 Å². The van der Waals surface area contributed by atoms with Crippen molar-refractivity contribution < 1.29 is 4.74 Å². The third-order valence-electron chi connectivity index (χ3n) is 3.95. The molecule has 112 valence electrons. The number of rotatable bonds is 3. The molecule has 4 aromatic rings. The van der Waals surface area contributed by atoms with E-state index in [4.69, 9.17) is 4.74 Å². The molecule has 23 heavy (non-hydrogen) atoms. The fraction of sp³-hybridized carbons (Fsp3) is 0.0500. The fourth-order valence-corrected chi connectivity index (χ4v) is 2.71. The minimum absolute atomic E-state index is 0.844. The van der Waals surface area contributed by atoms with Gasteiger partial charge in [0.15, 0.2) is 0 Å². The second kappa shape index (κ2) is 5.61. The maximum absolute atomic E-state index is 5.20. The van der Waals surface area contributed by atoms with E-state index in [2.05, 4.69) is 52.4 Å². The van der Waals surface area contributed by atoms with Crippen LogP contribution in [0.5, 0.6) is 5.75 Å². The number of fused-ring (bicyclic) bond motifs is 1. The van der Waals surface area contributed by atoms with Crippen molar-refractivity contribution in [2.24, 2.45) is 0 Å². The van der Waals surface area contributed by atoms with Crippen LogP contribution < -0.4 is 4.74 Å². The summed E-state index contributed by atoms with van der Waals surface area (Å²) in [5.41, 5.74) is 5.44. The first-order valence-corrected chi connectivity index (χ1v) is 7.53. The number of hydrogen-bond donors (Lipinski definition) is 1. The number of imidazole rings is 1. The molecule has 3 aromatic carbocycles.